The van der Waals surface area contributed by atoms with Crippen molar-refractivity contribution >= 4 is 23.5 Å². The van der Waals surface area contributed by atoms with Crippen molar-refractivity contribution in [1.82, 2.24) is 15.1 Å². The minimum Gasteiger partial charge on any atom is -0.377 e. The van der Waals surface area contributed by atoms with Crippen LogP contribution in [-0.2, 0) is 20.8 Å². The van der Waals surface area contributed by atoms with Crippen LogP contribution in [0.15, 0.2) is 29.3 Å². The van der Waals surface area contributed by atoms with Gasteiger partial charge in [-0.3, -0.25) is 9.79 Å². The Morgan fingerprint density at radius 2 is 2.18 bits per heavy atom. The van der Waals surface area contributed by atoms with E-state index in [1.807, 2.05) is 34.1 Å². The van der Waals surface area contributed by atoms with Gasteiger partial charge in [-0.2, -0.15) is 0 Å². The van der Waals surface area contributed by atoms with Crippen LogP contribution in [0.5, 0.6) is 0 Å². The predicted molar refractivity (Wildman–Crippen MR) is 110 cm³/mol. The Labute approximate surface area is 171 Å². The first kappa shape index (κ1) is 20.9. The van der Waals surface area contributed by atoms with Gasteiger partial charge < -0.3 is 24.6 Å². The van der Waals surface area contributed by atoms with Gasteiger partial charge in [-0.15, -0.1) is 0 Å². The van der Waals surface area contributed by atoms with Crippen molar-refractivity contribution in [3.05, 3.63) is 34.9 Å². The molecule has 2 saturated heterocycles. The standard InChI is InChI=1S/C20H29ClN4O3/c1-22-20(23-8-12-27-15-18-3-2-11-28-18)25-10-9-24(19(26)14-25)13-16-4-6-17(21)7-5-16/h4-7,18H,2-3,8-15H2,1H3,(H,22,23). The Hall–Kier alpha value is -1.83. The lowest BCUT2D eigenvalue weighted by molar-refractivity contribution is -0.135. The summed E-state index contributed by atoms with van der Waals surface area (Å²) in [7, 11) is 1.74. The maximum absolute atomic E-state index is 12.6. The first-order valence-electron chi connectivity index (χ1n) is 9.83. The second kappa shape index (κ2) is 10.6. The van der Waals surface area contributed by atoms with Gasteiger partial charge in [0.05, 0.1) is 25.9 Å². The number of halogens is 1. The molecular weight excluding hydrogens is 380 g/mol. The molecular formula is C20H29ClN4O3. The van der Waals surface area contributed by atoms with Gasteiger partial charge in [-0.25, -0.2) is 0 Å². The Balaban J connectivity index is 1.38. The number of rotatable bonds is 7. The summed E-state index contributed by atoms with van der Waals surface area (Å²) in [5.74, 6) is 0.832. The molecule has 2 heterocycles. The maximum Gasteiger partial charge on any atom is 0.242 e. The zero-order chi connectivity index (χ0) is 19.8. The molecule has 1 amide bonds. The van der Waals surface area contributed by atoms with Gasteiger partial charge in [-0.1, -0.05) is 23.7 Å². The molecule has 28 heavy (non-hydrogen) atoms. The molecule has 2 aliphatic heterocycles. The van der Waals surface area contributed by atoms with Crippen LogP contribution in [0.25, 0.3) is 0 Å². The number of hydrogen-bond acceptors (Lipinski definition) is 4. The number of nitrogens with zero attached hydrogens (tertiary/aromatic N) is 3. The molecule has 0 aliphatic carbocycles. The summed E-state index contributed by atoms with van der Waals surface area (Å²) >= 11 is 5.92. The average molecular weight is 409 g/mol. The fourth-order valence-corrected chi connectivity index (χ4v) is 3.55. The monoisotopic (exact) mass is 408 g/mol. The largest absolute Gasteiger partial charge is 0.377 e. The van der Waals surface area contributed by atoms with E-state index in [0.717, 1.165) is 37.5 Å². The van der Waals surface area contributed by atoms with Gasteiger partial charge in [0.2, 0.25) is 5.91 Å². The highest BCUT2D eigenvalue weighted by molar-refractivity contribution is 6.30. The Morgan fingerprint density at radius 3 is 2.86 bits per heavy atom. The van der Waals surface area contributed by atoms with Gasteiger partial charge in [0.1, 0.15) is 0 Å². The molecule has 1 N–H and O–H groups in total. The van der Waals surface area contributed by atoms with E-state index in [1.165, 1.54) is 0 Å². The first-order chi connectivity index (χ1) is 13.7. The van der Waals surface area contributed by atoms with E-state index < -0.39 is 0 Å². The molecule has 1 unspecified atom stereocenters. The third-order valence-corrected chi connectivity index (χ3v) is 5.23. The molecule has 0 saturated carbocycles. The summed E-state index contributed by atoms with van der Waals surface area (Å²) < 4.78 is 11.2. The van der Waals surface area contributed by atoms with Crippen LogP contribution in [0.4, 0.5) is 0 Å². The molecule has 8 heteroatoms. The number of nitrogens with one attached hydrogen (secondary N) is 1. The molecule has 1 aromatic rings. The summed E-state index contributed by atoms with van der Waals surface area (Å²) in [6.45, 7) is 5.06. The SMILES string of the molecule is CN=C(NCCOCC1CCCO1)N1CCN(Cc2ccc(Cl)cc2)C(=O)C1. The fourth-order valence-electron chi connectivity index (χ4n) is 3.42. The third-order valence-electron chi connectivity index (χ3n) is 4.97. The number of aliphatic imine (C=N–C) groups is 1. The zero-order valence-electron chi connectivity index (χ0n) is 16.4. The zero-order valence-corrected chi connectivity index (χ0v) is 17.2. The van der Waals surface area contributed by atoms with E-state index in [0.29, 0.717) is 44.4 Å². The molecule has 0 bridgehead atoms. The number of amides is 1. The lowest BCUT2D eigenvalue weighted by atomic mass is 10.2. The Kier molecular flexibility index (Phi) is 7.94. The molecule has 154 valence electrons. The second-order valence-electron chi connectivity index (χ2n) is 7.05. The summed E-state index contributed by atoms with van der Waals surface area (Å²) in [6.07, 6.45) is 2.44. The molecule has 2 aliphatic rings. The molecule has 0 spiro atoms. The van der Waals surface area contributed by atoms with Crippen LogP contribution < -0.4 is 5.32 Å². The lowest BCUT2D eigenvalue weighted by Gasteiger charge is -2.36. The van der Waals surface area contributed by atoms with E-state index in [1.54, 1.807) is 7.05 Å². The smallest absolute Gasteiger partial charge is 0.242 e. The Bertz CT molecular complexity index is 662. The normalized spacial score (nSPS) is 20.7. The number of ether oxygens (including phenoxy) is 2. The van der Waals surface area contributed by atoms with Crippen molar-refractivity contribution in [1.29, 1.82) is 0 Å². The van der Waals surface area contributed by atoms with E-state index in [-0.39, 0.29) is 12.0 Å². The highest BCUT2D eigenvalue weighted by Crippen LogP contribution is 2.14. The van der Waals surface area contributed by atoms with Crippen molar-refractivity contribution < 1.29 is 14.3 Å². The average Bonchev–Trinajstić information content (AvgIpc) is 3.21. The minimum atomic E-state index is 0.0961. The fraction of sp³-hybridized carbons (Fsp3) is 0.600. The molecule has 1 atom stereocenters. The minimum absolute atomic E-state index is 0.0961. The number of guanidine groups is 1. The highest BCUT2D eigenvalue weighted by Gasteiger charge is 2.26. The first-order valence-corrected chi connectivity index (χ1v) is 10.2. The molecule has 3 rings (SSSR count). The van der Waals surface area contributed by atoms with Crippen molar-refractivity contribution in [2.45, 2.75) is 25.5 Å². The molecule has 0 radical (unpaired) electrons. The summed E-state index contributed by atoms with van der Waals surface area (Å²) in [4.78, 5) is 20.7. The molecule has 1 aromatic carbocycles. The van der Waals surface area contributed by atoms with Crippen LogP contribution in [0.1, 0.15) is 18.4 Å². The second-order valence-corrected chi connectivity index (χ2v) is 7.48. The molecule has 2 fully saturated rings. The lowest BCUT2D eigenvalue weighted by Crippen LogP contribution is -2.55. The van der Waals surface area contributed by atoms with Crippen LogP contribution in [0.3, 0.4) is 0 Å². The number of piperazine rings is 1. The van der Waals surface area contributed by atoms with Crippen LogP contribution in [0, 0.1) is 0 Å². The van der Waals surface area contributed by atoms with E-state index in [9.17, 15) is 4.79 Å². The van der Waals surface area contributed by atoms with Gasteiger partial charge >= 0.3 is 0 Å². The molecule has 0 aromatic heterocycles. The number of benzene rings is 1. The van der Waals surface area contributed by atoms with Crippen LogP contribution in [-0.4, -0.2) is 80.8 Å². The number of carbonyl (C=O) groups is 1. The predicted octanol–water partition coefficient (Wildman–Crippen LogP) is 1.76. The van der Waals surface area contributed by atoms with E-state index in [2.05, 4.69) is 10.3 Å². The number of hydrogen-bond donors (Lipinski definition) is 1. The third kappa shape index (κ3) is 6.09. The van der Waals surface area contributed by atoms with Crippen molar-refractivity contribution in [3.63, 3.8) is 0 Å². The van der Waals surface area contributed by atoms with Gasteiger partial charge in [0.25, 0.3) is 0 Å². The quantitative estimate of drug-likeness (QED) is 0.423. The maximum atomic E-state index is 12.6. The Morgan fingerprint density at radius 1 is 1.36 bits per heavy atom. The van der Waals surface area contributed by atoms with Crippen molar-refractivity contribution in [2.24, 2.45) is 4.99 Å². The number of carbonyl (C=O) groups excluding carboxylic acids is 1. The molecule has 7 nitrogen and oxygen atoms in total. The highest BCUT2D eigenvalue weighted by atomic mass is 35.5. The van der Waals surface area contributed by atoms with Crippen molar-refractivity contribution in [2.75, 3.05) is 53.0 Å². The van der Waals surface area contributed by atoms with Gasteiger partial charge in [-0.05, 0) is 30.5 Å². The summed E-state index contributed by atoms with van der Waals surface area (Å²) in [5.41, 5.74) is 1.08. The van der Waals surface area contributed by atoms with Crippen LogP contribution >= 0.6 is 11.6 Å². The van der Waals surface area contributed by atoms with Gasteiger partial charge in [0.15, 0.2) is 5.96 Å². The van der Waals surface area contributed by atoms with Gasteiger partial charge in [0, 0.05) is 44.9 Å². The van der Waals surface area contributed by atoms with Crippen LogP contribution in [0.2, 0.25) is 5.02 Å². The topological polar surface area (TPSA) is 66.4 Å². The van der Waals surface area contributed by atoms with E-state index in [4.69, 9.17) is 21.1 Å². The van der Waals surface area contributed by atoms with Crippen molar-refractivity contribution in [3.8, 4) is 0 Å². The summed E-state index contributed by atoms with van der Waals surface area (Å²) in [6, 6.07) is 7.62. The summed E-state index contributed by atoms with van der Waals surface area (Å²) in [5, 5.41) is 3.98. The van der Waals surface area contributed by atoms with E-state index >= 15 is 0 Å².